The van der Waals surface area contributed by atoms with Gasteiger partial charge in [0.25, 0.3) is 0 Å². The highest BCUT2D eigenvalue weighted by molar-refractivity contribution is 6.31. The maximum absolute atomic E-state index is 6.28. The molecule has 2 heterocycles. The zero-order valence-corrected chi connectivity index (χ0v) is 14.5. The summed E-state index contributed by atoms with van der Waals surface area (Å²) in [5.41, 5.74) is 1.35. The van der Waals surface area contributed by atoms with Gasteiger partial charge < -0.3 is 9.64 Å². The summed E-state index contributed by atoms with van der Waals surface area (Å²) in [6.45, 7) is 4.07. The highest BCUT2D eigenvalue weighted by Gasteiger charge is 2.40. The van der Waals surface area contributed by atoms with Crippen LogP contribution in [0.15, 0.2) is 24.3 Å². The molecule has 3 nitrogen and oxygen atoms in total. The molecule has 3 rings (SSSR count). The molecule has 0 aromatic heterocycles. The van der Waals surface area contributed by atoms with Crippen molar-refractivity contribution in [3.05, 3.63) is 34.9 Å². The van der Waals surface area contributed by atoms with Gasteiger partial charge in [-0.1, -0.05) is 29.8 Å². The molecule has 0 aliphatic carbocycles. The lowest BCUT2D eigenvalue weighted by atomic mass is 9.82. The molecule has 1 atom stereocenters. The molecule has 0 amide bonds. The smallest absolute Gasteiger partial charge is 0.0721 e. The summed E-state index contributed by atoms with van der Waals surface area (Å²) >= 11 is 6.28. The second-order valence-corrected chi connectivity index (χ2v) is 7.42. The third-order valence-electron chi connectivity index (χ3n) is 5.32. The van der Waals surface area contributed by atoms with Crippen molar-refractivity contribution in [3.8, 4) is 0 Å². The summed E-state index contributed by atoms with van der Waals surface area (Å²) < 4.78 is 6.23. The van der Waals surface area contributed by atoms with E-state index in [1.165, 1.54) is 12.0 Å². The van der Waals surface area contributed by atoms with E-state index in [4.69, 9.17) is 16.3 Å². The lowest BCUT2D eigenvalue weighted by Crippen LogP contribution is -2.52. The van der Waals surface area contributed by atoms with Crippen LogP contribution in [-0.2, 0) is 11.3 Å². The summed E-state index contributed by atoms with van der Waals surface area (Å²) in [7, 11) is 4.38. The molecule has 0 radical (unpaired) electrons. The summed E-state index contributed by atoms with van der Waals surface area (Å²) in [5, 5.41) is 0.879. The maximum atomic E-state index is 6.28. The Morgan fingerprint density at radius 3 is 2.68 bits per heavy atom. The molecule has 1 aromatic carbocycles. The fraction of sp³-hybridized carbons (Fsp3) is 0.667. The van der Waals surface area contributed by atoms with Gasteiger partial charge in [0.2, 0.25) is 0 Å². The highest BCUT2D eigenvalue weighted by atomic mass is 35.5. The van der Waals surface area contributed by atoms with Crippen molar-refractivity contribution in [2.75, 3.05) is 33.8 Å². The van der Waals surface area contributed by atoms with Crippen molar-refractivity contribution >= 4 is 11.6 Å². The van der Waals surface area contributed by atoms with Crippen LogP contribution in [0.2, 0.25) is 5.02 Å². The molecule has 0 N–H and O–H groups in total. The van der Waals surface area contributed by atoms with Gasteiger partial charge >= 0.3 is 0 Å². The van der Waals surface area contributed by atoms with Gasteiger partial charge in [-0.3, -0.25) is 4.90 Å². The van der Waals surface area contributed by atoms with Gasteiger partial charge in [-0.15, -0.1) is 0 Å². The molecule has 2 saturated heterocycles. The average Bonchev–Trinajstić information content (AvgIpc) is 2.52. The van der Waals surface area contributed by atoms with Crippen LogP contribution in [0.1, 0.15) is 31.2 Å². The lowest BCUT2D eigenvalue weighted by Gasteiger charge is -2.47. The minimum Gasteiger partial charge on any atom is -0.375 e. The van der Waals surface area contributed by atoms with Crippen molar-refractivity contribution in [2.24, 2.45) is 0 Å². The minimum atomic E-state index is 0.115. The minimum absolute atomic E-state index is 0.115. The molecule has 1 unspecified atom stereocenters. The normalized spacial score (nSPS) is 25.7. The second kappa shape index (κ2) is 6.88. The molecule has 2 fully saturated rings. The van der Waals surface area contributed by atoms with Gasteiger partial charge in [-0.2, -0.15) is 0 Å². The maximum Gasteiger partial charge on any atom is 0.0721 e. The van der Waals surface area contributed by atoms with E-state index in [2.05, 4.69) is 36.0 Å². The van der Waals surface area contributed by atoms with E-state index in [1.807, 2.05) is 12.1 Å². The first-order valence-corrected chi connectivity index (χ1v) is 8.72. The van der Waals surface area contributed by atoms with Crippen LogP contribution in [0.3, 0.4) is 0 Å². The number of halogens is 1. The number of nitrogens with zero attached hydrogens (tertiary/aromatic N) is 2. The third kappa shape index (κ3) is 3.65. The predicted molar refractivity (Wildman–Crippen MR) is 91.4 cm³/mol. The van der Waals surface area contributed by atoms with Gasteiger partial charge in [-0.25, -0.2) is 0 Å². The summed E-state index contributed by atoms with van der Waals surface area (Å²) in [4.78, 5) is 4.87. The van der Waals surface area contributed by atoms with Crippen LogP contribution in [-0.4, -0.2) is 55.2 Å². The summed E-state index contributed by atoms with van der Waals surface area (Å²) in [6, 6.07) is 8.84. The van der Waals surface area contributed by atoms with Crippen LogP contribution >= 0.6 is 11.6 Å². The third-order valence-corrected chi connectivity index (χ3v) is 5.69. The first-order valence-electron chi connectivity index (χ1n) is 8.34. The number of ether oxygens (including phenoxy) is 1. The fourth-order valence-electron chi connectivity index (χ4n) is 3.78. The molecule has 1 spiro atoms. The average molecular weight is 323 g/mol. The first-order chi connectivity index (χ1) is 10.6. The lowest BCUT2D eigenvalue weighted by molar-refractivity contribution is -0.130. The molecule has 122 valence electrons. The molecule has 0 bridgehead atoms. The number of hydrogen-bond acceptors (Lipinski definition) is 3. The van der Waals surface area contributed by atoms with E-state index in [0.717, 1.165) is 50.5 Å². The van der Waals surface area contributed by atoms with Crippen LogP contribution in [0.4, 0.5) is 0 Å². The Morgan fingerprint density at radius 2 is 2.00 bits per heavy atom. The van der Waals surface area contributed by atoms with E-state index < -0.39 is 0 Å². The van der Waals surface area contributed by atoms with Gasteiger partial charge in [-0.05, 0) is 51.4 Å². The summed E-state index contributed by atoms with van der Waals surface area (Å²) in [5.74, 6) is 0. The van der Waals surface area contributed by atoms with Crippen molar-refractivity contribution < 1.29 is 4.74 Å². The van der Waals surface area contributed by atoms with Crippen molar-refractivity contribution in [1.82, 2.24) is 9.80 Å². The topological polar surface area (TPSA) is 15.7 Å². The Morgan fingerprint density at radius 1 is 1.27 bits per heavy atom. The van der Waals surface area contributed by atoms with Gasteiger partial charge in [0, 0.05) is 37.3 Å². The fourth-order valence-corrected chi connectivity index (χ4v) is 3.97. The van der Waals surface area contributed by atoms with E-state index in [9.17, 15) is 0 Å². The molecule has 2 aliphatic rings. The van der Waals surface area contributed by atoms with E-state index in [0.29, 0.717) is 6.04 Å². The molecule has 22 heavy (non-hydrogen) atoms. The number of likely N-dealkylation sites (tertiary alicyclic amines) is 1. The zero-order valence-electron chi connectivity index (χ0n) is 13.7. The van der Waals surface area contributed by atoms with Gasteiger partial charge in [0.05, 0.1) is 5.60 Å². The molecular weight excluding hydrogens is 296 g/mol. The SMILES string of the molecule is CN(C)C1CCOC2(CCN(Cc3ccccc3Cl)CC2)C1. The summed E-state index contributed by atoms with van der Waals surface area (Å²) in [6.07, 6.45) is 4.63. The van der Waals surface area contributed by atoms with E-state index in [-0.39, 0.29) is 5.60 Å². The number of benzene rings is 1. The van der Waals surface area contributed by atoms with E-state index >= 15 is 0 Å². The monoisotopic (exact) mass is 322 g/mol. The first kappa shape index (κ1) is 16.3. The Bertz CT molecular complexity index is 498. The Kier molecular flexibility index (Phi) is 5.08. The predicted octanol–water partition coefficient (Wildman–Crippen LogP) is 3.42. The number of hydrogen-bond donors (Lipinski definition) is 0. The van der Waals surface area contributed by atoms with Crippen molar-refractivity contribution in [1.29, 1.82) is 0 Å². The molecule has 4 heteroatoms. The highest BCUT2D eigenvalue weighted by Crippen LogP contribution is 2.36. The number of piperidine rings is 1. The van der Waals surface area contributed by atoms with Crippen LogP contribution in [0.25, 0.3) is 0 Å². The van der Waals surface area contributed by atoms with E-state index in [1.54, 1.807) is 0 Å². The molecule has 0 saturated carbocycles. The second-order valence-electron chi connectivity index (χ2n) is 7.01. The zero-order chi connectivity index (χ0) is 15.6. The molecule has 1 aromatic rings. The largest absolute Gasteiger partial charge is 0.375 e. The quantitative estimate of drug-likeness (QED) is 0.848. The Balaban J connectivity index is 1.57. The Hall–Kier alpha value is -0.610. The van der Waals surface area contributed by atoms with Crippen molar-refractivity contribution in [3.63, 3.8) is 0 Å². The number of rotatable bonds is 3. The molecular formula is C18H27ClN2O. The Labute approximate surface area is 139 Å². The van der Waals surface area contributed by atoms with Crippen LogP contribution in [0, 0.1) is 0 Å². The van der Waals surface area contributed by atoms with Crippen molar-refractivity contribution in [2.45, 2.75) is 43.9 Å². The van der Waals surface area contributed by atoms with Crippen LogP contribution < -0.4 is 0 Å². The van der Waals surface area contributed by atoms with Gasteiger partial charge in [0.15, 0.2) is 0 Å². The molecule has 2 aliphatic heterocycles. The van der Waals surface area contributed by atoms with Crippen LogP contribution in [0.5, 0.6) is 0 Å². The standard InChI is InChI=1S/C18H27ClN2O/c1-20(2)16-7-12-22-18(13-16)8-10-21(11-9-18)14-15-5-3-4-6-17(15)19/h3-6,16H,7-14H2,1-2H3. The van der Waals surface area contributed by atoms with Gasteiger partial charge in [0.1, 0.15) is 0 Å².